The molecule has 1 aliphatic rings. The van der Waals surface area contributed by atoms with Gasteiger partial charge >= 0.3 is 0 Å². The summed E-state index contributed by atoms with van der Waals surface area (Å²) in [6.45, 7) is 6.09. The van der Waals surface area contributed by atoms with Crippen molar-refractivity contribution in [2.45, 2.75) is 33.7 Å². The van der Waals surface area contributed by atoms with Crippen molar-refractivity contribution in [1.29, 1.82) is 0 Å². The van der Waals surface area contributed by atoms with Crippen LogP contribution in [0.3, 0.4) is 0 Å². The first-order valence-corrected chi connectivity index (χ1v) is 7.95. The van der Waals surface area contributed by atoms with Gasteiger partial charge in [-0.25, -0.2) is 0 Å². The summed E-state index contributed by atoms with van der Waals surface area (Å²) in [7, 11) is 0. The van der Waals surface area contributed by atoms with Crippen LogP contribution in [0.5, 0.6) is 0 Å². The highest BCUT2D eigenvalue weighted by Crippen LogP contribution is 2.34. The molecule has 0 atom stereocenters. The van der Waals surface area contributed by atoms with Crippen molar-refractivity contribution in [3.8, 4) is 0 Å². The van der Waals surface area contributed by atoms with Crippen molar-refractivity contribution in [3.05, 3.63) is 58.0 Å². The number of hydrogen-bond donors (Lipinski definition) is 1. The predicted molar refractivity (Wildman–Crippen MR) is 96.1 cm³/mol. The van der Waals surface area contributed by atoms with Gasteiger partial charge in [0.05, 0.1) is 17.9 Å². The minimum absolute atomic E-state index is 0.0745. The van der Waals surface area contributed by atoms with E-state index in [1.54, 1.807) is 22.9 Å². The molecular weight excluding hydrogens is 302 g/mol. The number of Topliss-reactive ketones (excluding diaryl/α,β-unsaturated/α-hetero) is 1. The number of anilines is 1. The number of fused-ring (bicyclic) bond motifs is 1. The lowest BCUT2D eigenvalue weighted by Crippen LogP contribution is -2.25. The Hall–Kier alpha value is -2.69. The zero-order valence-corrected chi connectivity index (χ0v) is 14.2. The molecule has 24 heavy (non-hydrogen) atoms. The van der Waals surface area contributed by atoms with Crippen molar-refractivity contribution >= 4 is 22.9 Å². The van der Waals surface area contributed by atoms with Gasteiger partial charge in [0.15, 0.2) is 5.78 Å². The fraction of sp³-hybridized carbons (Fsp3) is 0.316. The first kappa shape index (κ1) is 16.2. The number of aliphatic imine (C=N–C) groups is 1. The summed E-state index contributed by atoms with van der Waals surface area (Å²) >= 11 is 0. The summed E-state index contributed by atoms with van der Waals surface area (Å²) < 4.78 is 1.55. The molecule has 0 unspecified atom stereocenters. The van der Waals surface area contributed by atoms with E-state index < -0.39 is 5.41 Å². The molecule has 2 aromatic rings. The highest BCUT2D eigenvalue weighted by atomic mass is 16.1. The molecule has 2 heterocycles. The van der Waals surface area contributed by atoms with Crippen LogP contribution in [0.4, 0.5) is 11.4 Å². The molecule has 124 valence electrons. The molecule has 0 amide bonds. The average Bonchev–Trinajstić information content (AvgIpc) is 2.92. The number of pyridine rings is 1. The van der Waals surface area contributed by atoms with Crippen LogP contribution in [0.2, 0.25) is 0 Å². The van der Waals surface area contributed by atoms with Crippen LogP contribution >= 0.6 is 0 Å². The number of nitrogens with zero attached hydrogens (tertiary/aromatic N) is 2. The zero-order valence-electron chi connectivity index (χ0n) is 14.2. The monoisotopic (exact) mass is 323 g/mol. The third kappa shape index (κ3) is 2.89. The van der Waals surface area contributed by atoms with Gasteiger partial charge in [-0.2, -0.15) is 0 Å². The minimum Gasteiger partial charge on any atom is -0.394 e. The molecule has 1 aromatic carbocycles. The molecule has 0 saturated heterocycles. The van der Waals surface area contributed by atoms with Crippen LogP contribution in [-0.2, 0) is 13.0 Å². The summed E-state index contributed by atoms with van der Waals surface area (Å²) in [6.07, 6.45) is 2.34. The van der Waals surface area contributed by atoms with E-state index in [0.717, 1.165) is 17.0 Å². The van der Waals surface area contributed by atoms with Crippen LogP contribution in [-0.4, -0.2) is 16.1 Å². The van der Waals surface area contributed by atoms with Gasteiger partial charge in [0, 0.05) is 29.3 Å². The van der Waals surface area contributed by atoms with Crippen LogP contribution in [0, 0.1) is 5.41 Å². The Bertz CT molecular complexity index is 902. The van der Waals surface area contributed by atoms with E-state index in [9.17, 15) is 9.59 Å². The van der Waals surface area contributed by atoms with E-state index in [1.807, 2.05) is 39.0 Å². The predicted octanol–water partition coefficient (Wildman–Crippen LogP) is 2.99. The van der Waals surface area contributed by atoms with Gasteiger partial charge in [0.2, 0.25) is 0 Å². The van der Waals surface area contributed by atoms with Gasteiger partial charge in [-0.05, 0) is 23.8 Å². The highest BCUT2D eigenvalue weighted by molar-refractivity contribution is 6.07. The summed E-state index contributed by atoms with van der Waals surface area (Å²) in [6, 6.07) is 9.03. The van der Waals surface area contributed by atoms with Gasteiger partial charge in [-0.1, -0.05) is 32.9 Å². The Kier molecular flexibility index (Phi) is 3.87. The van der Waals surface area contributed by atoms with Crippen LogP contribution in [0.15, 0.2) is 46.3 Å². The molecule has 1 aliphatic heterocycles. The van der Waals surface area contributed by atoms with Gasteiger partial charge < -0.3 is 10.3 Å². The SMILES string of the molecule is CC(C)(C)C(=O)c1cccc2c1N=C(Cn1cccc(N)c1=O)C2. The van der Waals surface area contributed by atoms with Gasteiger partial charge in [-0.3, -0.25) is 14.6 Å². The number of benzene rings is 1. The topological polar surface area (TPSA) is 77.4 Å². The molecule has 1 aromatic heterocycles. The lowest BCUT2D eigenvalue weighted by atomic mass is 9.85. The third-order valence-corrected chi connectivity index (χ3v) is 4.11. The van der Waals surface area contributed by atoms with E-state index >= 15 is 0 Å². The largest absolute Gasteiger partial charge is 0.394 e. The molecule has 0 saturated carbocycles. The Morgan fingerprint density at radius 2 is 2.00 bits per heavy atom. The second kappa shape index (κ2) is 5.74. The summed E-state index contributed by atoms with van der Waals surface area (Å²) in [5.74, 6) is 0.0745. The smallest absolute Gasteiger partial charge is 0.274 e. The van der Waals surface area contributed by atoms with Gasteiger partial charge in [0.25, 0.3) is 5.56 Å². The number of hydrogen-bond acceptors (Lipinski definition) is 4. The number of aromatic nitrogens is 1. The van der Waals surface area contributed by atoms with E-state index in [-0.39, 0.29) is 17.0 Å². The van der Waals surface area contributed by atoms with Crippen molar-refractivity contribution in [1.82, 2.24) is 4.57 Å². The maximum absolute atomic E-state index is 12.6. The first-order chi connectivity index (χ1) is 11.3. The molecule has 2 N–H and O–H groups in total. The van der Waals surface area contributed by atoms with E-state index in [2.05, 4.69) is 4.99 Å². The quantitative estimate of drug-likeness (QED) is 0.882. The molecular formula is C19H21N3O2. The molecule has 0 spiro atoms. The van der Waals surface area contributed by atoms with E-state index in [1.165, 1.54) is 0 Å². The second-order valence-electron chi connectivity index (χ2n) is 7.14. The lowest BCUT2D eigenvalue weighted by molar-refractivity contribution is 0.0859. The molecule has 5 nitrogen and oxygen atoms in total. The Morgan fingerprint density at radius 1 is 1.25 bits per heavy atom. The minimum atomic E-state index is -0.460. The lowest BCUT2D eigenvalue weighted by Gasteiger charge is -2.17. The number of ketones is 1. The number of rotatable bonds is 3. The fourth-order valence-corrected chi connectivity index (χ4v) is 2.84. The third-order valence-electron chi connectivity index (χ3n) is 4.11. The van der Waals surface area contributed by atoms with Gasteiger partial charge in [-0.15, -0.1) is 0 Å². The van der Waals surface area contributed by atoms with Gasteiger partial charge in [0.1, 0.15) is 0 Å². The summed E-state index contributed by atoms with van der Waals surface area (Å²) in [4.78, 5) is 29.4. The molecule has 0 bridgehead atoms. The second-order valence-corrected chi connectivity index (χ2v) is 7.14. The average molecular weight is 323 g/mol. The maximum atomic E-state index is 12.6. The Labute approximate surface area is 140 Å². The van der Waals surface area contributed by atoms with Crippen LogP contribution in [0.1, 0.15) is 36.7 Å². The van der Waals surface area contributed by atoms with E-state index in [0.29, 0.717) is 18.5 Å². The zero-order chi connectivity index (χ0) is 17.5. The normalized spacial score (nSPS) is 13.5. The van der Waals surface area contributed by atoms with Crippen molar-refractivity contribution < 1.29 is 4.79 Å². The Balaban J connectivity index is 1.95. The summed E-state index contributed by atoms with van der Waals surface area (Å²) in [5.41, 5.74) is 8.48. The number of nitrogen functional groups attached to an aromatic ring is 1. The Morgan fingerprint density at radius 3 is 2.71 bits per heavy atom. The first-order valence-electron chi connectivity index (χ1n) is 7.95. The van der Waals surface area contributed by atoms with Crippen molar-refractivity contribution in [2.75, 3.05) is 5.73 Å². The molecule has 3 rings (SSSR count). The number of carbonyl (C=O) groups excluding carboxylic acids is 1. The van der Waals surface area contributed by atoms with Crippen molar-refractivity contribution in [2.24, 2.45) is 10.4 Å². The number of carbonyl (C=O) groups is 1. The number of para-hydroxylation sites is 1. The standard InChI is InChI=1S/C19H21N3O2/c1-19(2,3)17(23)14-7-4-6-12-10-13(21-16(12)14)11-22-9-5-8-15(20)18(22)24/h4-9H,10-11,20H2,1-3H3. The fourth-order valence-electron chi connectivity index (χ4n) is 2.84. The van der Waals surface area contributed by atoms with E-state index in [4.69, 9.17) is 5.73 Å². The molecule has 0 fully saturated rings. The van der Waals surface area contributed by atoms with Crippen LogP contribution < -0.4 is 11.3 Å². The van der Waals surface area contributed by atoms with Crippen LogP contribution in [0.25, 0.3) is 0 Å². The number of nitrogens with two attached hydrogens (primary N) is 1. The highest BCUT2D eigenvalue weighted by Gasteiger charge is 2.28. The molecule has 5 heteroatoms. The maximum Gasteiger partial charge on any atom is 0.274 e. The van der Waals surface area contributed by atoms with Crippen molar-refractivity contribution in [3.63, 3.8) is 0 Å². The molecule has 0 aliphatic carbocycles. The summed E-state index contributed by atoms with van der Waals surface area (Å²) in [5, 5.41) is 0. The molecule has 0 radical (unpaired) electrons.